The Hall–Kier alpha value is -2.63. The number of nitrogens with one attached hydrogen (secondary N) is 1. The van der Waals surface area contributed by atoms with Crippen molar-refractivity contribution in [3.8, 4) is 0 Å². The molecule has 0 radical (unpaired) electrons. The monoisotopic (exact) mass is 259 g/mol. The van der Waals surface area contributed by atoms with Crippen LogP contribution in [-0.2, 0) is 13.5 Å². The van der Waals surface area contributed by atoms with Crippen molar-refractivity contribution in [2.75, 3.05) is 5.32 Å². The van der Waals surface area contributed by atoms with Crippen LogP contribution in [0.5, 0.6) is 0 Å². The van der Waals surface area contributed by atoms with E-state index in [0.29, 0.717) is 6.42 Å². The first-order valence-corrected chi connectivity index (χ1v) is 5.66. The van der Waals surface area contributed by atoms with Gasteiger partial charge in [0.2, 0.25) is 5.56 Å². The van der Waals surface area contributed by atoms with Crippen LogP contribution < -0.4 is 10.9 Å². The van der Waals surface area contributed by atoms with E-state index in [2.05, 4.69) is 10.3 Å². The number of anilines is 1. The quantitative estimate of drug-likeness (QED) is 0.874. The molecule has 6 heteroatoms. The molecule has 2 aromatic heterocycles. The van der Waals surface area contributed by atoms with Crippen molar-refractivity contribution in [3.05, 3.63) is 58.1 Å². The molecule has 0 aliphatic heterocycles. The van der Waals surface area contributed by atoms with Crippen molar-refractivity contribution in [2.24, 2.45) is 7.05 Å². The summed E-state index contributed by atoms with van der Waals surface area (Å²) in [4.78, 5) is 25.9. The summed E-state index contributed by atoms with van der Waals surface area (Å²) in [7, 11) is 1.70. The fraction of sp³-hybridized carbons (Fsp3) is 0.154. The Morgan fingerprint density at radius 1 is 1.42 bits per heavy atom. The molecule has 0 bridgehead atoms. The molecule has 2 aromatic rings. The van der Waals surface area contributed by atoms with Crippen LogP contribution in [0.4, 0.5) is 10.6 Å². The van der Waals surface area contributed by atoms with Crippen LogP contribution in [0.15, 0.2) is 41.3 Å². The smallest absolute Gasteiger partial charge is 0.410 e. The lowest BCUT2D eigenvalue weighted by molar-refractivity contribution is 0.209. The van der Waals surface area contributed by atoms with Crippen molar-refractivity contribution in [2.45, 2.75) is 6.42 Å². The molecule has 2 rings (SSSR count). The standard InChI is InChI=1S/C13H13N3O3/c1-16-10(3-2-4-12(16)17)7-9-5-6-14-11(8-9)15-13(18)19/h2-6,8H,7H2,1H3,(H,14,15)(H,18,19). The van der Waals surface area contributed by atoms with Crippen LogP contribution in [0.3, 0.4) is 0 Å². The average molecular weight is 259 g/mol. The molecule has 0 fully saturated rings. The van der Waals surface area contributed by atoms with Gasteiger partial charge in [-0.3, -0.25) is 10.1 Å². The number of nitrogens with zero attached hydrogens (tertiary/aromatic N) is 2. The van der Waals surface area contributed by atoms with Gasteiger partial charge in [0.25, 0.3) is 0 Å². The molecular weight excluding hydrogens is 246 g/mol. The molecule has 2 N–H and O–H groups in total. The summed E-state index contributed by atoms with van der Waals surface area (Å²) in [6.45, 7) is 0. The lowest BCUT2D eigenvalue weighted by atomic mass is 10.1. The summed E-state index contributed by atoms with van der Waals surface area (Å²) >= 11 is 0. The lowest BCUT2D eigenvalue weighted by Crippen LogP contribution is -2.18. The third kappa shape index (κ3) is 3.19. The molecule has 0 aliphatic carbocycles. The van der Waals surface area contributed by atoms with Crippen molar-refractivity contribution in [1.29, 1.82) is 0 Å². The van der Waals surface area contributed by atoms with Crippen LogP contribution in [0.2, 0.25) is 0 Å². The summed E-state index contributed by atoms with van der Waals surface area (Å²) in [5, 5.41) is 10.8. The van der Waals surface area contributed by atoms with Gasteiger partial charge < -0.3 is 9.67 Å². The zero-order chi connectivity index (χ0) is 13.8. The molecule has 19 heavy (non-hydrogen) atoms. The van der Waals surface area contributed by atoms with Gasteiger partial charge in [-0.25, -0.2) is 9.78 Å². The van der Waals surface area contributed by atoms with E-state index in [1.807, 2.05) is 6.07 Å². The molecule has 6 nitrogen and oxygen atoms in total. The molecule has 0 aliphatic rings. The summed E-state index contributed by atoms with van der Waals surface area (Å²) in [6, 6.07) is 8.48. The number of pyridine rings is 2. The first kappa shape index (κ1) is 12.8. The Morgan fingerprint density at radius 2 is 2.21 bits per heavy atom. The van der Waals surface area contributed by atoms with Gasteiger partial charge in [0.1, 0.15) is 5.82 Å². The van der Waals surface area contributed by atoms with Crippen molar-refractivity contribution >= 4 is 11.9 Å². The molecular formula is C13H13N3O3. The van der Waals surface area contributed by atoms with Crippen molar-refractivity contribution < 1.29 is 9.90 Å². The summed E-state index contributed by atoms with van der Waals surface area (Å²) in [6.07, 6.45) is 0.905. The second kappa shape index (κ2) is 5.34. The molecule has 0 saturated carbocycles. The van der Waals surface area contributed by atoms with Gasteiger partial charge in [0.05, 0.1) is 0 Å². The summed E-state index contributed by atoms with van der Waals surface area (Å²) in [5.74, 6) is 0.269. The van der Waals surface area contributed by atoms with Crippen LogP contribution in [0.1, 0.15) is 11.3 Å². The van der Waals surface area contributed by atoms with Crippen LogP contribution in [0, 0.1) is 0 Å². The molecule has 98 valence electrons. The highest BCUT2D eigenvalue weighted by Gasteiger charge is 2.04. The van der Waals surface area contributed by atoms with E-state index in [-0.39, 0.29) is 11.4 Å². The van der Waals surface area contributed by atoms with E-state index in [4.69, 9.17) is 5.11 Å². The average Bonchev–Trinajstić information content (AvgIpc) is 2.35. The van der Waals surface area contributed by atoms with Gasteiger partial charge in [-0.05, 0) is 23.8 Å². The minimum atomic E-state index is -1.16. The number of hydrogen-bond acceptors (Lipinski definition) is 3. The second-order valence-corrected chi connectivity index (χ2v) is 4.07. The van der Waals surface area contributed by atoms with Gasteiger partial charge >= 0.3 is 6.09 Å². The Kier molecular flexibility index (Phi) is 3.61. The van der Waals surface area contributed by atoms with E-state index in [0.717, 1.165) is 11.3 Å². The Labute approximate surface area is 109 Å². The summed E-state index contributed by atoms with van der Waals surface area (Å²) in [5.41, 5.74) is 1.65. The fourth-order valence-electron chi connectivity index (χ4n) is 1.76. The van der Waals surface area contributed by atoms with Gasteiger partial charge in [0, 0.05) is 31.4 Å². The maximum Gasteiger partial charge on any atom is 0.410 e. The van der Waals surface area contributed by atoms with Crippen LogP contribution >= 0.6 is 0 Å². The molecule has 0 spiro atoms. The Bertz CT molecular complexity index is 664. The topological polar surface area (TPSA) is 84.2 Å². The van der Waals surface area contributed by atoms with Gasteiger partial charge in [-0.1, -0.05) is 6.07 Å². The first-order valence-electron chi connectivity index (χ1n) is 5.66. The fourth-order valence-corrected chi connectivity index (χ4v) is 1.76. The van der Waals surface area contributed by atoms with E-state index in [1.54, 1.807) is 29.8 Å². The maximum atomic E-state index is 11.5. The van der Waals surface area contributed by atoms with E-state index >= 15 is 0 Å². The van der Waals surface area contributed by atoms with Gasteiger partial charge in [0.15, 0.2) is 0 Å². The molecule has 1 amide bonds. The third-order valence-corrected chi connectivity index (χ3v) is 2.73. The molecule has 0 atom stereocenters. The van der Waals surface area contributed by atoms with E-state index in [1.165, 1.54) is 12.3 Å². The Morgan fingerprint density at radius 3 is 2.95 bits per heavy atom. The summed E-state index contributed by atoms with van der Waals surface area (Å²) < 4.78 is 1.56. The minimum absolute atomic E-state index is 0.0737. The van der Waals surface area contributed by atoms with Gasteiger partial charge in [-0.15, -0.1) is 0 Å². The number of amides is 1. The first-order chi connectivity index (χ1) is 9.06. The molecule has 0 unspecified atom stereocenters. The predicted molar refractivity (Wildman–Crippen MR) is 70.4 cm³/mol. The third-order valence-electron chi connectivity index (χ3n) is 2.73. The highest BCUT2D eigenvalue weighted by molar-refractivity contribution is 5.81. The highest BCUT2D eigenvalue weighted by Crippen LogP contribution is 2.11. The van der Waals surface area contributed by atoms with Crippen molar-refractivity contribution in [3.63, 3.8) is 0 Å². The zero-order valence-electron chi connectivity index (χ0n) is 10.3. The zero-order valence-corrected chi connectivity index (χ0v) is 10.3. The second-order valence-electron chi connectivity index (χ2n) is 4.07. The van der Waals surface area contributed by atoms with E-state index < -0.39 is 6.09 Å². The Balaban J connectivity index is 2.26. The molecule has 0 saturated heterocycles. The minimum Gasteiger partial charge on any atom is -0.465 e. The molecule has 0 aromatic carbocycles. The van der Waals surface area contributed by atoms with Crippen LogP contribution in [-0.4, -0.2) is 20.8 Å². The number of carboxylic acid groups (broad SMARTS) is 1. The lowest BCUT2D eigenvalue weighted by Gasteiger charge is -2.08. The highest BCUT2D eigenvalue weighted by atomic mass is 16.4. The van der Waals surface area contributed by atoms with E-state index in [9.17, 15) is 9.59 Å². The SMILES string of the molecule is Cn1c(Cc2ccnc(NC(=O)O)c2)cccc1=O. The maximum absolute atomic E-state index is 11.5. The number of carbonyl (C=O) groups is 1. The predicted octanol–water partition coefficient (Wildman–Crippen LogP) is 1.46. The van der Waals surface area contributed by atoms with Gasteiger partial charge in [-0.2, -0.15) is 0 Å². The number of hydrogen-bond donors (Lipinski definition) is 2. The van der Waals surface area contributed by atoms with Crippen molar-refractivity contribution in [1.82, 2.24) is 9.55 Å². The number of rotatable bonds is 3. The van der Waals surface area contributed by atoms with Crippen LogP contribution in [0.25, 0.3) is 0 Å². The normalized spacial score (nSPS) is 10.2. The largest absolute Gasteiger partial charge is 0.465 e. The molecule has 2 heterocycles. The number of aromatic nitrogens is 2.